The molecule has 0 saturated carbocycles. The Morgan fingerprint density at radius 2 is 1.93 bits per heavy atom. The third-order valence-electron chi connectivity index (χ3n) is 2.46. The van der Waals surface area contributed by atoms with Crippen LogP contribution in [-0.2, 0) is 5.41 Å². The molecule has 0 aromatic heterocycles. The third-order valence-corrected chi connectivity index (χ3v) is 2.46. The Labute approximate surface area is 83.8 Å². The Morgan fingerprint density at radius 3 is 2.36 bits per heavy atom. The molecule has 2 N–H and O–H groups in total. The smallest absolute Gasteiger partial charge is 0.123 e. The van der Waals surface area contributed by atoms with Gasteiger partial charge in [0.2, 0.25) is 0 Å². The van der Waals surface area contributed by atoms with Crippen LogP contribution in [0.15, 0.2) is 24.3 Å². The van der Waals surface area contributed by atoms with Crippen LogP contribution >= 0.6 is 0 Å². The summed E-state index contributed by atoms with van der Waals surface area (Å²) in [5.41, 5.74) is 0.596. The van der Waals surface area contributed by atoms with Crippen LogP contribution in [-0.4, -0.2) is 25.3 Å². The van der Waals surface area contributed by atoms with E-state index in [1.165, 1.54) is 12.1 Å². The van der Waals surface area contributed by atoms with Crippen LogP contribution in [0.25, 0.3) is 0 Å². The van der Waals surface area contributed by atoms with Crippen molar-refractivity contribution >= 4 is 0 Å². The molecule has 1 aromatic rings. The number of halogens is 1. The number of likely N-dealkylation sites (N-methyl/N-ethyl adjacent to an activating group) is 1. The van der Waals surface area contributed by atoms with Gasteiger partial charge in [-0.2, -0.15) is 0 Å². The first-order valence-electron chi connectivity index (χ1n) is 4.64. The fraction of sp³-hybridized carbons (Fsp3) is 0.455. The van der Waals surface area contributed by atoms with Crippen molar-refractivity contribution in [3.63, 3.8) is 0 Å². The summed E-state index contributed by atoms with van der Waals surface area (Å²) in [6.45, 7) is 2.64. The summed E-state index contributed by atoms with van der Waals surface area (Å²) in [4.78, 5) is 0. The van der Waals surface area contributed by atoms with Gasteiger partial charge in [-0.1, -0.05) is 19.1 Å². The second-order valence-electron chi connectivity index (χ2n) is 3.76. The topological polar surface area (TPSA) is 32.3 Å². The molecule has 0 amide bonds. The summed E-state index contributed by atoms with van der Waals surface area (Å²) < 4.78 is 12.7. The van der Waals surface area contributed by atoms with Crippen molar-refractivity contribution < 1.29 is 9.50 Å². The first kappa shape index (κ1) is 11.1. The number of benzene rings is 1. The van der Waals surface area contributed by atoms with Crippen molar-refractivity contribution in [2.75, 3.05) is 20.2 Å². The fourth-order valence-electron chi connectivity index (χ4n) is 1.49. The highest BCUT2D eigenvalue weighted by molar-refractivity contribution is 5.25. The summed E-state index contributed by atoms with van der Waals surface area (Å²) >= 11 is 0. The Hall–Kier alpha value is -0.930. The summed E-state index contributed by atoms with van der Waals surface area (Å²) in [7, 11) is 1.83. The summed E-state index contributed by atoms with van der Waals surface area (Å²) in [5.74, 6) is -0.251. The highest BCUT2D eigenvalue weighted by Crippen LogP contribution is 2.22. The number of hydrogen-bond acceptors (Lipinski definition) is 2. The minimum absolute atomic E-state index is 0.0411. The lowest BCUT2D eigenvalue weighted by Crippen LogP contribution is -2.37. The minimum atomic E-state index is -0.345. The van der Waals surface area contributed by atoms with Crippen molar-refractivity contribution in [2.45, 2.75) is 12.3 Å². The molecular weight excluding hydrogens is 181 g/mol. The van der Waals surface area contributed by atoms with Crippen molar-refractivity contribution in [3.05, 3.63) is 35.6 Å². The molecule has 3 heteroatoms. The Morgan fingerprint density at radius 1 is 1.36 bits per heavy atom. The number of aliphatic hydroxyl groups excluding tert-OH is 1. The summed E-state index contributed by atoms with van der Waals surface area (Å²) in [6.07, 6.45) is 0. The maximum atomic E-state index is 12.7. The van der Waals surface area contributed by atoms with E-state index >= 15 is 0 Å². The van der Waals surface area contributed by atoms with Gasteiger partial charge in [-0.15, -0.1) is 0 Å². The van der Waals surface area contributed by atoms with Crippen LogP contribution in [0.1, 0.15) is 12.5 Å². The SMILES string of the molecule is CNCC(C)(CO)c1ccc(F)cc1. The van der Waals surface area contributed by atoms with Crippen LogP contribution in [0.3, 0.4) is 0 Å². The molecule has 2 nitrogen and oxygen atoms in total. The zero-order valence-corrected chi connectivity index (χ0v) is 8.55. The largest absolute Gasteiger partial charge is 0.395 e. The Balaban J connectivity index is 2.94. The highest BCUT2D eigenvalue weighted by Gasteiger charge is 2.24. The number of aliphatic hydroxyl groups is 1. The average Bonchev–Trinajstić information content (AvgIpc) is 2.19. The van der Waals surface area contributed by atoms with E-state index in [0.29, 0.717) is 6.54 Å². The second kappa shape index (κ2) is 4.53. The lowest BCUT2D eigenvalue weighted by atomic mass is 9.83. The molecule has 14 heavy (non-hydrogen) atoms. The predicted octanol–water partition coefficient (Wildman–Crippen LogP) is 1.30. The molecule has 0 aliphatic carbocycles. The van der Waals surface area contributed by atoms with Crippen molar-refractivity contribution in [3.8, 4) is 0 Å². The maximum absolute atomic E-state index is 12.7. The number of rotatable bonds is 4. The van der Waals surface area contributed by atoms with Gasteiger partial charge in [-0.05, 0) is 24.7 Å². The van der Waals surface area contributed by atoms with Gasteiger partial charge in [-0.3, -0.25) is 0 Å². The van der Waals surface area contributed by atoms with Crippen LogP contribution in [0.4, 0.5) is 4.39 Å². The lowest BCUT2D eigenvalue weighted by molar-refractivity contribution is 0.204. The summed E-state index contributed by atoms with van der Waals surface area (Å²) in [6, 6.07) is 6.25. The van der Waals surface area contributed by atoms with E-state index in [0.717, 1.165) is 5.56 Å². The van der Waals surface area contributed by atoms with Gasteiger partial charge in [0, 0.05) is 12.0 Å². The standard InChI is InChI=1S/C11H16FNO/c1-11(8-14,7-13-2)9-3-5-10(12)6-4-9/h3-6,13-14H,7-8H2,1-2H3. The van der Waals surface area contributed by atoms with E-state index in [4.69, 9.17) is 0 Å². The van der Waals surface area contributed by atoms with Crippen LogP contribution < -0.4 is 5.32 Å². The van der Waals surface area contributed by atoms with E-state index in [1.54, 1.807) is 12.1 Å². The second-order valence-corrected chi connectivity index (χ2v) is 3.76. The van der Waals surface area contributed by atoms with E-state index in [-0.39, 0.29) is 17.8 Å². The van der Waals surface area contributed by atoms with Crippen molar-refractivity contribution in [1.82, 2.24) is 5.32 Å². The first-order chi connectivity index (χ1) is 6.62. The van der Waals surface area contributed by atoms with Gasteiger partial charge in [-0.25, -0.2) is 4.39 Å². The molecule has 78 valence electrons. The molecule has 1 unspecified atom stereocenters. The van der Waals surface area contributed by atoms with Crippen LogP contribution in [0, 0.1) is 5.82 Å². The quantitative estimate of drug-likeness (QED) is 0.762. The van der Waals surface area contributed by atoms with Gasteiger partial charge < -0.3 is 10.4 Å². The number of nitrogens with one attached hydrogen (secondary N) is 1. The molecule has 0 bridgehead atoms. The first-order valence-corrected chi connectivity index (χ1v) is 4.64. The average molecular weight is 197 g/mol. The highest BCUT2D eigenvalue weighted by atomic mass is 19.1. The maximum Gasteiger partial charge on any atom is 0.123 e. The zero-order valence-electron chi connectivity index (χ0n) is 8.55. The number of hydrogen-bond donors (Lipinski definition) is 2. The van der Waals surface area contributed by atoms with Gasteiger partial charge in [0.05, 0.1) is 6.61 Å². The molecule has 1 atom stereocenters. The van der Waals surface area contributed by atoms with Gasteiger partial charge >= 0.3 is 0 Å². The fourth-order valence-corrected chi connectivity index (χ4v) is 1.49. The van der Waals surface area contributed by atoms with Crippen LogP contribution in [0.5, 0.6) is 0 Å². The van der Waals surface area contributed by atoms with Gasteiger partial charge in [0.15, 0.2) is 0 Å². The molecule has 0 heterocycles. The van der Waals surface area contributed by atoms with Crippen LogP contribution in [0.2, 0.25) is 0 Å². The lowest BCUT2D eigenvalue weighted by Gasteiger charge is -2.27. The molecule has 0 fully saturated rings. The third kappa shape index (κ3) is 2.30. The molecule has 0 aliphatic rings. The molecule has 0 radical (unpaired) electrons. The van der Waals surface area contributed by atoms with E-state index < -0.39 is 0 Å². The zero-order chi connectivity index (χ0) is 10.6. The van der Waals surface area contributed by atoms with Crippen molar-refractivity contribution in [1.29, 1.82) is 0 Å². The van der Waals surface area contributed by atoms with E-state index in [9.17, 15) is 9.50 Å². The normalized spacial score (nSPS) is 15.1. The Bertz CT molecular complexity index is 286. The predicted molar refractivity (Wildman–Crippen MR) is 54.8 cm³/mol. The van der Waals surface area contributed by atoms with Gasteiger partial charge in [0.1, 0.15) is 5.82 Å². The Kier molecular flexibility index (Phi) is 3.61. The van der Waals surface area contributed by atoms with Gasteiger partial charge in [0.25, 0.3) is 0 Å². The molecular formula is C11H16FNO. The van der Waals surface area contributed by atoms with Crippen molar-refractivity contribution in [2.24, 2.45) is 0 Å². The van der Waals surface area contributed by atoms with E-state index in [2.05, 4.69) is 5.32 Å². The monoisotopic (exact) mass is 197 g/mol. The minimum Gasteiger partial charge on any atom is -0.395 e. The summed E-state index contributed by atoms with van der Waals surface area (Å²) in [5, 5.41) is 12.3. The molecule has 0 saturated heterocycles. The molecule has 1 rings (SSSR count). The van der Waals surface area contributed by atoms with E-state index in [1.807, 2.05) is 14.0 Å². The molecule has 0 spiro atoms. The molecule has 0 aliphatic heterocycles. The molecule has 1 aromatic carbocycles.